The van der Waals surface area contributed by atoms with Gasteiger partial charge in [-0.1, -0.05) is 6.92 Å². The molecule has 4 nitrogen and oxygen atoms in total. The third-order valence-corrected chi connectivity index (χ3v) is 5.06. The Balaban J connectivity index is 1.96. The number of nitrogens with zero attached hydrogens (tertiary/aromatic N) is 1. The summed E-state index contributed by atoms with van der Waals surface area (Å²) in [7, 11) is 0. The van der Waals surface area contributed by atoms with Crippen molar-refractivity contribution < 1.29 is 14.7 Å². The molecular formula is C15H21NO3S. The van der Waals surface area contributed by atoms with E-state index in [9.17, 15) is 9.59 Å². The predicted octanol–water partition coefficient (Wildman–Crippen LogP) is 2.95. The largest absolute Gasteiger partial charge is 0.481 e. The van der Waals surface area contributed by atoms with E-state index in [2.05, 4.69) is 13.8 Å². The van der Waals surface area contributed by atoms with Gasteiger partial charge in [0.1, 0.15) is 0 Å². The Morgan fingerprint density at radius 2 is 2.05 bits per heavy atom. The third-order valence-electron chi connectivity index (χ3n) is 3.98. The van der Waals surface area contributed by atoms with Crippen LogP contribution >= 0.6 is 11.3 Å². The van der Waals surface area contributed by atoms with Crippen LogP contribution in [0.3, 0.4) is 0 Å². The molecule has 0 radical (unpaired) electrons. The molecule has 1 fully saturated rings. The molecule has 2 rings (SSSR count). The molecule has 0 aliphatic carbocycles. The van der Waals surface area contributed by atoms with Crippen LogP contribution in [-0.2, 0) is 11.2 Å². The molecule has 20 heavy (non-hydrogen) atoms. The number of carboxylic acid groups (broad SMARTS) is 1. The van der Waals surface area contributed by atoms with E-state index in [1.165, 1.54) is 10.4 Å². The standard InChI is InChI=1S/C15H21NO3S/c1-3-12-9-13(20-10(12)2)15(19)16-6-4-11(5-7-16)8-14(17)18/h9,11H,3-8H2,1-2H3,(H,17,18). The zero-order chi connectivity index (χ0) is 14.7. The number of aryl methyl sites for hydroxylation is 2. The minimum Gasteiger partial charge on any atom is -0.481 e. The number of piperidine rings is 1. The fraction of sp³-hybridized carbons (Fsp3) is 0.600. The molecule has 1 aromatic heterocycles. The molecule has 1 N–H and O–H groups in total. The second-order valence-electron chi connectivity index (χ2n) is 5.38. The first-order valence-electron chi connectivity index (χ1n) is 7.11. The van der Waals surface area contributed by atoms with Gasteiger partial charge in [0.2, 0.25) is 0 Å². The molecule has 1 amide bonds. The summed E-state index contributed by atoms with van der Waals surface area (Å²) in [4.78, 5) is 27.0. The van der Waals surface area contributed by atoms with E-state index in [1.54, 1.807) is 11.3 Å². The zero-order valence-corrected chi connectivity index (χ0v) is 12.8. The highest BCUT2D eigenvalue weighted by molar-refractivity contribution is 7.14. The monoisotopic (exact) mass is 295 g/mol. The lowest BCUT2D eigenvalue weighted by molar-refractivity contribution is -0.138. The van der Waals surface area contributed by atoms with Gasteiger partial charge in [-0.25, -0.2) is 0 Å². The number of aliphatic carboxylic acids is 1. The number of hydrogen-bond donors (Lipinski definition) is 1. The lowest BCUT2D eigenvalue weighted by Gasteiger charge is -2.31. The number of rotatable bonds is 4. The van der Waals surface area contributed by atoms with Gasteiger partial charge in [-0.2, -0.15) is 0 Å². The molecule has 0 spiro atoms. The van der Waals surface area contributed by atoms with Crippen LogP contribution in [-0.4, -0.2) is 35.0 Å². The summed E-state index contributed by atoms with van der Waals surface area (Å²) in [6.45, 7) is 5.50. The van der Waals surface area contributed by atoms with Gasteiger partial charge < -0.3 is 10.0 Å². The average molecular weight is 295 g/mol. The lowest BCUT2D eigenvalue weighted by atomic mass is 9.93. The van der Waals surface area contributed by atoms with Crippen molar-refractivity contribution in [1.82, 2.24) is 4.90 Å². The molecule has 1 saturated heterocycles. The number of hydrogen-bond acceptors (Lipinski definition) is 3. The predicted molar refractivity (Wildman–Crippen MR) is 79.3 cm³/mol. The number of amides is 1. The molecule has 0 bridgehead atoms. The van der Waals surface area contributed by atoms with Crippen LogP contribution in [0, 0.1) is 12.8 Å². The first-order chi connectivity index (χ1) is 9.51. The first-order valence-corrected chi connectivity index (χ1v) is 7.93. The summed E-state index contributed by atoms with van der Waals surface area (Å²) in [5.74, 6) is -0.421. The van der Waals surface area contributed by atoms with Gasteiger partial charge >= 0.3 is 5.97 Å². The van der Waals surface area contributed by atoms with Crippen molar-refractivity contribution in [3.05, 3.63) is 21.4 Å². The minimum atomic E-state index is -0.740. The van der Waals surface area contributed by atoms with Gasteiger partial charge in [-0.3, -0.25) is 9.59 Å². The highest BCUT2D eigenvalue weighted by atomic mass is 32.1. The summed E-state index contributed by atoms with van der Waals surface area (Å²) in [6.07, 6.45) is 2.77. The fourth-order valence-electron chi connectivity index (χ4n) is 2.72. The number of thiophene rings is 1. The van der Waals surface area contributed by atoms with Gasteiger partial charge in [0.05, 0.1) is 4.88 Å². The minimum absolute atomic E-state index is 0.103. The Morgan fingerprint density at radius 1 is 1.40 bits per heavy atom. The van der Waals surface area contributed by atoms with Crippen molar-refractivity contribution >= 4 is 23.2 Å². The molecule has 110 valence electrons. The molecule has 0 atom stereocenters. The van der Waals surface area contributed by atoms with Crippen molar-refractivity contribution in [3.8, 4) is 0 Å². The summed E-state index contributed by atoms with van der Waals surface area (Å²) in [6, 6.07) is 2.01. The van der Waals surface area contributed by atoms with Crippen molar-refractivity contribution in [3.63, 3.8) is 0 Å². The maximum absolute atomic E-state index is 12.4. The van der Waals surface area contributed by atoms with Crippen LogP contribution in [0.5, 0.6) is 0 Å². The molecule has 0 aromatic carbocycles. The maximum atomic E-state index is 12.4. The Bertz CT molecular complexity index is 501. The topological polar surface area (TPSA) is 57.6 Å². The molecule has 1 aromatic rings. The Kier molecular flexibility index (Phi) is 4.81. The number of carbonyl (C=O) groups is 2. The van der Waals surface area contributed by atoms with Crippen LogP contribution < -0.4 is 0 Å². The van der Waals surface area contributed by atoms with Crippen molar-refractivity contribution in [2.75, 3.05) is 13.1 Å². The molecular weight excluding hydrogens is 274 g/mol. The van der Waals surface area contributed by atoms with E-state index < -0.39 is 5.97 Å². The normalized spacial score (nSPS) is 16.4. The molecule has 0 unspecified atom stereocenters. The summed E-state index contributed by atoms with van der Waals surface area (Å²) in [5.41, 5.74) is 1.25. The van der Waals surface area contributed by atoms with Crippen LogP contribution in [0.4, 0.5) is 0 Å². The second-order valence-corrected chi connectivity index (χ2v) is 6.64. The average Bonchev–Trinajstić information content (AvgIpc) is 2.79. The van der Waals surface area contributed by atoms with E-state index in [0.29, 0.717) is 13.1 Å². The number of carboxylic acids is 1. The molecule has 1 aliphatic heterocycles. The van der Waals surface area contributed by atoms with Crippen LogP contribution in [0.25, 0.3) is 0 Å². The van der Waals surface area contributed by atoms with Gasteiger partial charge in [0.25, 0.3) is 5.91 Å². The van der Waals surface area contributed by atoms with Gasteiger partial charge in [-0.15, -0.1) is 11.3 Å². The van der Waals surface area contributed by atoms with Crippen LogP contribution in [0.15, 0.2) is 6.07 Å². The maximum Gasteiger partial charge on any atom is 0.303 e. The smallest absolute Gasteiger partial charge is 0.303 e. The van der Waals surface area contributed by atoms with Gasteiger partial charge in [0, 0.05) is 24.4 Å². The van der Waals surface area contributed by atoms with Crippen molar-refractivity contribution in [2.24, 2.45) is 5.92 Å². The molecule has 2 heterocycles. The van der Waals surface area contributed by atoms with Gasteiger partial charge in [0.15, 0.2) is 0 Å². The van der Waals surface area contributed by atoms with Crippen molar-refractivity contribution in [2.45, 2.75) is 39.5 Å². The molecule has 5 heteroatoms. The Hall–Kier alpha value is -1.36. The third kappa shape index (κ3) is 3.39. The van der Waals surface area contributed by atoms with Crippen LogP contribution in [0.2, 0.25) is 0 Å². The quantitative estimate of drug-likeness (QED) is 0.929. The first kappa shape index (κ1) is 15.0. The van der Waals surface area contributed by atoms with E-state index in [4.69, 9.17) is 5.11 Å². The molecule has 0 saturated carbocycles. The van der Waals surface area contributed by atoms with E-state index in [0.717, 1.165) is 24.1 Å². The van der Waals surface area contributed by atoms with E-state index in [1.807, 2.05) is 11.0 Å². The summed E-state index contributed by atoms with van der Waals surface area (Å²) < 4.78 is 0. The number of carbonyl (C=O) groups excluding carboxylic acids is 1. The second kappa shape index (κ2) is 6.39. The highest BCUT2D eigenvalue weighted by Crippen LogP contribution is 2.26. The molecule has 1 aliphatic rings. The van der Waals surface area contributed by atoms with E-state index in [-0.39, 0.29) is 18.2 Å². The van der Waals surface area contributed by atoms with Crippen molar-refractivity contribution in [1.29, 1.82) is 0 Å². The summed E-state index contributed by atoms with van der Waals surface area (Å²) in [5, 5.41) is 8.80. The highest BCUT2D eigenvalue weighted by Gasteiger charge is 2.26. The summed E-state index contributed by atoms with van der Waals surface area (Å²) >= 11 is 1.57. The Labute approximate surface area is 123 Å². The fourth-order valence-corrected chi connectivity index (χ4v) is 3.80. The van der Waals surface area contributed by atoms with E-state index >= 15 is 0 Å². The van der Waals surface area contributed by atoms with Crippen LogP contribution in [0.1, 0.15) is 46.3 Å². The SMILES string of the molecule is CCc1cc(C(=O)N2CCC(CC(=O)O)CC2)sc1C. The zero-order valence-electron chi connectivity index (χ0n) is 12.0. The van der Waals surface area contributed by atoms with Gasteiger partial charge in [-0.05, 0) is 43.7 Å². The lowest BCUT2D eigenvalue weighted by Crippen LogP contribution is -2.38. The number of likely N-dealkylation sites (tertiary alicyclic amines) is 1. The Morgan fingerprint density at radius 3 is 2.55 bits per heavy atom.